The molecule has 0 spiro atoms. The fraction of sp³-hybridized carbons (Fsp3) is 0.409. The number of nitrogens with one attached hydrogen (secondary N) is 3. The summed E-state index contributed by atoms with van der Waals surface area (Å²) in [5.41, 5.74) is 0.669. The van der Waals surface area contributed by atoms with Crippen LogP contribution >= 0.6 is 0 Å². The number of esters is 1. The van der Waals surface area contributed by atoms with Gasteiger partial charge in [0.1, 0.15) is 17.6 Å². The predicted octanol–water partition coefficient (Wildman–Crippen LogP) is 1.82. The maximum atomic E-state index is 12.8. The second-order valence-corrected chi connectivity index (χ2v) is 7.59. The Bertz CT molecular complexity index is 982. The zero-order chi connectivity index (χ0) is 22.5. The summed E-state index contributed by atoms with van der Waals surface area (Å²) in [5, 5.41) is 8.35. The first-order chi connectivity index (χ1) is 15.6. The number of furan rings is 2. The van der Waals surface area contributed by atoms with Crippen molar-refractivity contribution in [3.8, 4) is 0 Å². The Morgan fingerprint density at radius 3 is 2.78 bits per heavy atom. The van der Waals surface area contributed by atoms with Crippen LogP contribution in [0.3, 0.4) is 0 Å². The number of carbonyl (C=O) groups is 3. The molecule has 2 aliphatic rings. The van der Waals surface area contributed by atoms with Crippen molar-refractivity contribution in [2.45, 2.75) is 38.4 Å². The summed E-state index contributed by atoms with van der Waals surface area (Å²) in [7, 11) is 0. The summed E-state index contributed by atoms with van der Waals surface area (Å²) in [5.74, 6) is 0.422. The van der Waals surface area contributed by atoms with Crippen molar-refractivity contribution in [3.05, 3.63) is 59.6 Å². The topological polar surface area (TPSA) is 126 Å². The summed E-state index contributed by atoms with van der Waals surface area (Å²) in [6.45, 7) is 3.09. The number of carbonyl (C=O) groups excluding carboxylic acids is 3. The van der Waals surface area contributed by atoms with Crippen LogP contribution in [0.25, 0.3) is 0 Å². The van der Waals surface area contributed by atoms with E-state index in [1.807, 2.05) is 4.90 Å². The van der Waals surface area contributed by atoms with E-state index < -0.39 is 18.0 Å². The predicted molar refractivity (Wildman–Crippen MR) is 112 cm³/mol. The summed E-state index contributed by atoms with van der Waals surface area (Å²) < 4.78 is 16.0. The van der Waals surface area contributed by atoms with Crippen molar-refractivity contribution >= 4 is 17.9 Å². The lowest BCUT2D eigenvalue weighted by Crippen LogP contribution is -2.50. The van der Waals surface area contributed by atoms with Crippen LogP contribution in [0, 0.1) is 0 Å². The van der Waals surface area contributed by atoms with Crippen molar-refractivity contribution in [1.82, 2.24) is 20.9 Å². The second kappa shape index (κ2) is 9.73. The number of ether oxygens (including phenoxy) is 1. The van der Waals surface area contributed by atoms with Gasteiger partial charge < -0.3 is 29.5 Å². The molecule has 2 aromatic heterocycles. The number of likely N-dealkylation sites (tertiary alicyclic amines) is 1. The average Bonchev–Trinajstić information content (AvgIpc) is 3.54. The number of nitrogens with zero attached hydrogens (tertiary/aromatic N) is 1. The molecule has 2 atom stereocenters. The zero-order valence-corrected chi connectivity index (χ0v) is 17.8. The van der Waals surface area contributed by atoms with E-state index in [1.165, 1.54) is 6.26 Å². The molecule has 2 aromatic rings. The van der Waals surface area contributed by atoms with Crippen LogP contribution < -0.4 is 16.0 Å². The van der Waals surface area contributed by atoms with Crippen LogP contribution in [0.2, 0.25) is 0 Å². The average molecular weight is 442 g/mol. The molecule has 4 rings (SSSR count). The lowest BCUT2D eigenvalue weighted by Gasteiger charge is -2.31. The van der Waals surface area contributed by atoms with Gasteiger partial charge in [-0.1, -0.05) is 0 Å². The third-order valence-electron chi connectivity index (χ3n) is 5.52. The lowest BCUT2D eigenvalue weighted by atomic mass is 9.99. The van der Waals surface area contributed by atoms with Crippen LogP contribution in [-0.2, 0) is 20.9 Å². The lowest BCUT2D eigenvalue weighted by molar-refractivity contribution is -0.139. The van der Waals surface area contributed by atoms with Crippen molar-refractivity contribution in [2.24, 2.45) is 0 Å². The van der Waals surface area contributed by atoms with E-state index in [9.17, 15) is 14.4 Å². The molecule has 0 aliphatic carbocycles. The highest BCUT2D eigenvalue weighted by Gasteiger charge is 2.38. The largest absolute Gasteiger partial charge is 0.467 e. The van der Waals surface area contributed by atoms with Gasteiger partial charge >= 0.3 is 12.0 Å². The molecule has 3 N–H and O–H groups in total. The fourth-order valence-corrected chi connectivity index (χ4v) is 4.08. The minimum Gasteiger partial charge on any atom is -0.467 e. The first-order valence-corrected chi connectivity index (χ1v) is 10.6. The van der Waals surface area contributed by atoms with Crippen LogP contribution in [-0.4, -0.2) is 48.5 Å². The molecule has 0 radical (unpaired) electrons. The van der Waals surface area contributed by atoms with E-state index >= 15 is 0 Å². The molecule has 1 fully saturated rings. The summed E-state index contributed by atoms with van der Waals surface area (Å²) >= 11 is 0. The van der Waals surface area contributed by atoms with E-state index in [-0.39, 0.29) is 30.7 Å². The molecule has 0 bridgehead atoms. The molecule has 2 unspecified atom stereocenters. The first kappa shape index (κ1) is 21.7. The van der Waals surface area contributed by atoms with Gasteiger partial charge in [-0.25, -0.2) is 9.59 Å². The fourth-order valence-electron chi connectivity index (χ4n) is 4.08. The standard InChI is InChI=1S/C22H26N4O6/c1-2-30-21(28)18-15(24-22(29)25-19(18)17-8-5-11-32-17)13-26-9-3-7-16(26)20(27)23-12-14-6-4-10-31-14/h4-6,8,10-11,16,19H,2-3,7,9,12-13H2,1H3,(H,23,27)(H2,24,25,29). The van der Waals surface area contributed by atoms with Gasteiger partial charge in [-0.3, -0.25) is 9.69 Å². The van der Waals surface area contributed by atoms with Gasteiger partial charge in [0.05, 0.1) is 37.3 Å². The van der Waals surface area contributed by atoms with Gasteiger partial charge in [-0.15, -0.1) is 0 Å². The smallest absolute Gasteiger partial charge is 0.338 e. The normalized spacial score (nSPS) is 21.2. The number of urea groups is 1. The molecule has 10 nitrogen and oxygen atoms in total. The highest BCUT2D eigenvalue weighted by molar-refractivity contribution is 5.95. The second-order valence-electron chi connectivity index (χ2n) is 7.59. The van der Waals surface area contributed by atoms with E-state index in [1.54, 1.807) is 37.5 Å². The highest BCUT2D eigenvalue weighted by atomic mass is 16.5. The highest BCUT2D eigenvalue weighted by Crippen LogP contribution is 2.29. The molecule has 4 heterocycles. The molecule has 0 saturated carbocycles. The van der Waals surface area contributed by atoms with E-state index in [2.05, 4.69) is 16.0 Å². The Balaban J connectivity index is 1.55. The van der Waals surface area contributed by atoms with Gasteiger partial charge in [-0.05, 0) is 50.6 Å². The Labute approximate surface area is 184 Å². The summed E-state index contributed by atoms with van der Waals surface area (Å²) in [6.07, 6.45) is 4.54. The van der Waals surface area contributed by atoms with E-state index in [0.29, 0.717) is 36.7 Å². The van der Waals surface area contributed by atoms with Crippen molar-refractivity contribution in [3.63, 3.8) is 0 Å². The summed E-state index contributed by atoms with van der Waals surface area (Å²) in [4.78, 5) is 40.0. The Kier molecular flexibility index (Phi) is 6.60. The SMILES string of the molecule is CCOC(=O)C1=C(CN2CCCC2C(=O)NCc2ccco2)NC(=O)NC1c1ccco1. The molecule has 32 heavy (non-hydrogen) atoms. The molecule has 0 aromatic carbocycles. The van der Waals surface area contributed by atoms with Crippen molar-refractivity contribution in [2.75, 3.05) is 19.7 Å². The van der Waals surface area contributed by atoms with Crippen LogP contribution in [0.5, 0.6) is 0 Å². The van der Waals surface area contributed by atoms with Gasteiger partial charge in [0.2, 0.25) is 5.91 Å². The van der Waals surface area contributed by atoms with Gasteiger partial charge in [0.25, 0.3) is 0 Å². The molecular formula is C22H26N4O6. The van der Waals surface area contributed by atoms with Crippen molar-refractivity contribution < 1.29 is 28.0 Å². The number of rotatable bonds is 8. The van der Waals surface area contributed by atoms with Gasteiger partial charge in [0, 0.05) is 12.2 Å². The third kappa shape index (κ3) is 4.70. The number of amides is 3. The number of hydrogen-bond acceptors (Lipinski definition) is 7. The zero-order valence-electron chi connectivity index (χ0n) is 17.8. The minimum absolute atomic E-state index is 0.125. The van der Waals surface area contributed by atoms with E-state index in [0.717, 1.165) is 6.42 Å². The first-order valence-electron chi connectivity index (χ1n) is 10.6. The quantitative estimate of drug-likeness (QED) is 0.533. The molecule has 2 aliphatic heterocycles. The summed E-state index contributed by atoms with van der Waals surface area (Å²) in [6, 6.07) is 5.33. The van der Waals surface area contributed by atoms with Crippen LogP contribution in [0.1, 0.15) is 37.3 Å². The van der Waals surface area contributed by atoms with Gasteiger partial charge in [-0.2, -0.15) is 0 Å². The molecular weight excluding hydrogens is 416 g/mol. The maximum Gasteiger partial charge on any atom is 0.338 e. The molecule has 170 valence electrons. The molecule has 10 heteroatoms. The van der Waals surface area contributed by atoms with Crippen LogP contribution in [0.4, 0.5) is 4.79 Å². The Morgan fingerprint density at radius 2 is 2.06 bits per heavy atom. The molecule has 1 saturated heterocycles. The van der Waals surface area contributed by atoms with Crippen LogP contribution in [0.15, 0.2) is 56.9 Å². The Hall–Kier alpha value is -3.53. The minimum atomic E-state index is -0.776. The number of hydrogen-bond donors (Lipinski definition) is 3. The third-order valence-corrected chi connectivity index (χ3v) is 5.52. The van der Waals surface area contributed by atoms with Gasteiger partial charge in [0.15, 0.2) is 0 Å². The maximum absolute atomic E-state index is 12.8. The van der Waals surface area contributed by atoms with E-state index in [4.69, 9.17) is 13.6 Å². The molecule has 3 amide bonds. The monoisotopic (exact) mass is 442 g/mol. The Morgan fingerprint density at radius 1 is 1.25 bits per heavy atom. The van der Waals surface area contributed by atoms with Crippen molar-refractivity contribution in [1.29, 1.82) is 0 Å².